The van der Waals surface area contributed by atoms with Crippen molar-refractivity contribution < 1.29 is 14.5 Å². The highest BCUT2D eigenvalue weighted by molar-refractivity contribution is 6.00. The Morgan fingerprint density at radius 1 is 1.06 bits per heavy atom. The highest BCUT2D eigenvalue weighted by Gasteiger charge is 2.26. The number of methoxy groups -OCH3 is 1. The lowest BCUT2D eigenvalue weighted by Crippen LogP contribution is -2.48. The third-order valence-electron chi connectivity index (χ3n) is 5.99. The molecular weight excluding hydrogens is 436 g/mol. The second kappa shape index (κ2) is 8.81. The Labute approximate surface area is 195 Å². The molecule has 10 heteroatoms. The summed E-state index contributed by atoms with van der Waals surface area (Å²) < 4.78 is 7.00. The van der Waals surface area contributed by atoms with E-state index >= 15 is 0 Å². The molecule has 34 heavy (non-hydrogen) atoms. The van der Waals surface area contributed by atoms with E-state index in [1.165, 1.54) is 12.1 Å². The van der Waals surface area contributed by atoms with Gasteiger partial charge < -0.3 is 14.5 Å². The summed E-state index contributed by atoms with van der Waals surface area (Å²) in [7, 11) is 1.62. The van der Waals surface area contributed by atoms with Crippen LogP contribution in [0.2, 0.25) is 0 Å². The average Bonchev–Trinajstić information content (AvgIpc) is 3.33. The quantitative estimate of drug-likeness (QED) is 0.334. The molecule has 2 aromatic heterocycles. The minimum atomic E-state index is -0.412. The van der Waals surface area contributed by atoms with Gasteiger partial charge in [0.05, 0.1) is 23.9 Å². The molecule has 1 amide bonds. The number of aromatic nitrogens is 3. The summed E-state index contributed by atoms with van der Waals surface area (Å²) in [6.07, 6.45) is 3.24. The maximum Gasteiger partial charge on any atom is 0.269 e. The summed E-state index contributed by atoms with van der Waals surface area (Å²) in [5.41, 5.74) is 3.64. The number of ether oxygens (including phenoxy) is 1. The highest BCUT2D eigenvalue weighted by atomic mass is 16.6. The molecule has 0 aliphatic carbocycles. The lowest BCUT2D eigenvalue weighted by molar-refractivity contribution is -0.384. The number of anilines is 1. The first-order valence-corrected chi connectivity index (χ1v) is 10.8. The zero-order valence-electron chi connectivity index (χ0n) is 18.5. The van der Waals surface area contributed by atoms with Gasteiger partial charge in [0.2, 0.25) is 0 Å². The fourth-order valence-corrected chi connectivity index (χ4v) is 4.17. The van der Waals surface area contributed by atoms with Crippen LogP contribution in [0.25, 0.3) is 16.9 Å². The van der Waals surface area contributed by atoms with Crippen LogP contribution in [0.5, 0.6) is 5.75 Å². The van der Waals surface area contributed by atoms with Crippen LogP contribution in [0.15, 0.2) is 67.0 Å². The van der Waals surface area contributed by atoms with Crippen molar-refractivity contribution in [3.63, 3.8) is 0 Å². The van der Waals surface area contributed by atoms with Gasteiger partial charge in [-0.25, -0.2) is 9.50 Å². The monoisotopic (exact) mass is 458 g/mol. The molecule has 0 radical (unpaired) electrons. The summed E-state index contributed by atoms with van der Waals surface area (Å²) in [5, 5.41) is 15.3. The van der Waals surface area contributed by atoms with E-state index in [-0.39, 0.29) is 11.6 Å². The molecule has 1 aliphatic rings. The molecule has 0 bridgehead atoms. The number of non-ortho nitro benzene ring substituents is 1. The van der Waals surface area contributed by atoms with Crippen LogP contribution in [0.3, 0.4) is 0 Å². The van der Waals surface area contributed by atoms with E-state index in [2.05, 4.69) is 15.0 Å². The number of nitro groups is 1. The van der Waals surface area contributed by atoms with Crippen molar-refractivity contribution in [3.8, 4) is 17.0 Å². The smallest absolute Gasteiger partial charge is 0.269 e. The van der Waals surface area contributed by atoms with Crippen molar-refractivity contribution in [2.45, 2.75) is 0 Å². The maximum atomic E-state index is 13.3. The van der Waals surface area contributed by atoms with Crippen molar-refractivity contribution in [1.82, 2.24) is 19.5 Å². The van der Waals surface area contributed by atoms with Crippen LogP contribution < -0.4 is 9.64 Å². The third kappa shape index (κ3) is 3.90. The fourth-order valence-electron chi connectivity index (χ4n) is 4.17. The molecule has 0 saturated carbocycles. The molecule has 0 atom stereocenters. The Kier molecular flexibility index (Phi) is 5.54. The molecule has 3 heterocycles. The Balaban J connectivity index is 1.34. The number of hydrogen-bond donors (Lipinski definition) is 0. The van der Waals surface area contributed by atoms with E-state index in [1.807, 2.05) is 30.3 Å². The molecular formula is C24H22N6O4. The molecule has 1 saturated heterocycles. The van der Waals surface area contributed by atoms with E-state index in [4.69, 9.17) is 4.74 Å². The predicted octanol–water partition coefficient (Wildman–Crippen LogP) is 3.28. The minimum Gasteiger partial charge on any atom is -0.497 e. The molecule has 1 fully saturated rings. The van der Waals surface area contributed by atoms with Crippen molar-refractivity contribution >= 4 is 22.9 Å². The van der Waals surface area contributed by atoms with Crippen molar-refractivity contribution in [3.05, 3.63) is 82.7 Å². The summed E-state index contributed by atoms with van der Waals surface area (Å²) in [4.78, 5) is 32.1. The zero-order valence-corrected chi connectivity index (χ0v) is 18.5. The standard InChI is InChI=1S/C24H22N6O4/c1-34-20-4-2-3-17(15-20)22-9-10-25-23-21(16-26-29(22)23)24(31)28-13-11-27(12-14-28)18-5-7-19(8-6-18)30(32)33/h2-10,15-16H,11-14H2,1H3. The van der Waals surface area contributed by atoms with E-state index in [9.17, 15) is 14.9 Å². The normalized spacial score (nSPS) is 13.8. The van der Waals surface area contributed by atoms with Crippen LogP contribution in [-0.4, -0.2) is 63.6 Å². The molecule has 0 N–H and O–H groups in total. The lowest BCUT2D eigenvalue weighted by atomic mass is 10.1. The number of rotatable bonds is 5. The van der Waals surface area contributed by atoms with Crippen LogP contribution in [0.1, 0.15) is 10.4 Å². The number of nitrogens with zero attached hydrogens (tertiary/aromatic N) is 6. The second-order valence-electron chi connectivity index (χ2n) is 7.91. The van der Waals surface area contributed by atoms with Gasteiger partial charge in [-0.15, -0.1) is 0 Å². The predicted molar refractivity (Wildman–Crippen MR) is 126 cm³/mol. The largest absolute Gasteiger partial charge is 0.497 e. The molecule has 1 aliphatic heterocycles. The Morgan fingerprint density at radius 2 is 1.82 bits per heavy atom. The number of carbonyl (C=O) groups is 1. The van der Waals surface area contributed by atoms with Crippen LogP contribution >= 0.6 is 0 Å². The summed E-state index contributed by atoms with van der Waals surface area (Å²) in [6, 6.07) is 16.0. The Bertz CT molecular complexity index is 1360. The van der Waals surface area contributed by atoms with Gasteiger partial charge in [-0.2, -0.15) is 5.10 Å². The number of benzene rings is 2. The maximum absolute atomic E-state index is 13.3. The van der Waals surface area contributed by atoms with E-state index in [0.717, 1.165) is 22.7 Å². The van der Waals surface area contributed by atoms with Gasteiger partial charge in [-0.1, -0.05) is 12.1 Å². The van der Waals surface area contributed by atoms with Gasteiger partial charge in [0.15, 0.2) is 5.65 Å². The zero-order chi connectivity index (χ0) is 23.7. The first kappa shape index (κ1) is 21.4. The second-order valence-corrected chi connectivity index (χ2v) is 7.91. The molecule has 2 aromatic carbocycles. The number of hydrogen-bond acceptors (Lipinski definition) is 7. The van der Waals surface area contributed by atoms with Gasteiger partial charge in [0, 0.05) is 55.8 Å². The first-order chi connectivity index (χ1) is 16.5. The molecule has 0 unspecified atom stereocenters. The van der Waals surface area contributed by atoms with Gasteiger partial charge in [0.25, 0.3) is 11.6 Å². The Morgan fingerprint density at radius 3 is 2.53 bits per heavy atom. The molecule has 172 valence electrons. The van der Waals surface area contributed by atoms with Crippen molar-refractivity contribution in [1.29, 1.82) is 0 Å². The molecule has 4 aromatic rings. The molecule has 5 rings (SSSR count). The summed E-state index contributed by atoms with van der Waals surface area (Å²) in [6.45, 7) is 2.32. The van der Waals surface area contributed by atoms with Crippen molar-refractivity contribution in [2.24, 2.45) is 0 Å². The molecule has 10 nitrogen and oxygen atoms in total. The van der Waals surface area contributed by atoms with Gasteiger partial charge in [-0.05, 0) is 30.3 Å². The van der Waals surface area contributed by atoms with E-state index in [0.29, 0.717) is 37.4 Å². The SMILES string of the molecule is COc1cccc(-c2ccnc3c(C(=O)N4CCN(c5ccc([N+](=O)[O-])cc5)CC4)cnn23)c1. The highest BCUT2D eigenvalue weighted by Crippen LogP contribution is 2.26. The Hall–Kier alpha value is -4.47. The summed E-state index contributed by atoms with van der Waals surface area (Å²) >= 11 is 0. The van der Waals surface area contributed by atoms with Crippen LogP contribution in [0.4, 0.5) is 11.4 Å². The molecule has 0 spiro atoms. The number of carbonyl (C=O) groups excluding carboxylic acids is 1. The topological polar surface area (TPSA) is 106 Å². The minimum absolute atomic E-state index is 0.0615. The van der Waals surface area contributed by atoms with E-state index < -0.39 is 4.92 Å². The van der Waals surface area contributed by atoms with Gasteiger partial charge >= 0.3 is 0 Å². The lowest BCUT2D eigenvalue weighted by Gasteiger charge is -2.36. The van der Waals surface area contributed by atoms with Gasteiger partial charge in [-0.3, -0.25) is 14.9 Å². The third-order valence-corrected chi connectivity index (χ3v) is 5.99. The fraction of sp³-hybridized carbons (Fsp3) is 0.208. The number of amides is 1. The first-order valence-electron chi connectivity index (χ1n) is 10.8. The van der Waals surface area contributed by atoms with Crippen LogP contribution in [-0.2, 0) is 0 Å². The average molecular weight is 458 g/mol. The number of nitro benzene ring substituents is 1. The number of piperazine rings is 1. The van der Waals surface area contributed by atoms with Gasteiger partial charge in [0.1, 0.15) is 11.3 Å². The van der Waals surface area contributed by atoms with Crippen molar-refractivity contribution in [2.75, 3.05) is 38.2 Å². The number of fused-ring (bicyclic) bond motifs is 1. The van der Waals surface area contributed by atoms with E-state index in [1.54, 1.807) is 41.1 Å². The van der Waals surface area contributed by atoms with Crippen LogP contribution in [0, 0.1) is 10.1 Å². The summed E-state index contributed by atoms with van der Waals surface area (Å²) in [5.74, 6) is 0.616.